The SMILES string of the molecule is C[C@H](Sc1nnc2n1CCCCC2)c1nc2ccccc2c(=O)[nH]1. The van der Waals surface area contributed by atoms with E-state index in [1.54, 1.807) is 17.8 Å². The Labute approximate surface area is 143 Å². The van der Waals surface area contributed by atoms with E-state index in [2.05, 4.69) is 24.7 Å². The standard InChI is InChI=1S/C17H19N5OS/c1-11(15-18-13-8-5-4-7-12(13)16(23)19-15)24-17-21-20-14-9-3-2-6-10-22(14)17/h4-5,7-8,11H,2-3,6,9-10H2,1H3,(H,18,19,23)/t11-/m0/s1. The van der Waals surface area contributed by atoms with Crippen LogP contribution in [0.5, 0.6) is 0 Å². The second kappa shape index (κ2) is 6.39. The molecular weight excluding hydrogens is 322 g/mol. The number of aryl methyl sites for hydroxylation is 1. The highest BCUT2D eigenvalue weighted by atomic mass is 32.2. The Morgan fingerprint density at radius 3 is 3.00 bits per heavy atom. The number of nitrogens with one attached hydrogen (secondary N) is 1. The molecule has 0 bridgehead atoms. The lowest BCUT2D eigenvalue weighted by Gasteiger charge is -2.12. The molecule has 0 fully saturated rings. The minimum atomic E-state index is -0.0943. The van der Waals surface area contributed by atoms with Gasteiger partial charge in [-0.3, -0.25) is 4.79 Å². The highest BCUT2D eigenvalue weighted by Gasteiger charge is 2.19. The molecule has 1 N–H and O–H groups in total. The lowest BCUT2D eigenvalue weighted by atomic mass is 10.2. The maximum atomic E-state index is 12.2. The summed E-state index contributed by atoms with van der Waals surface area (Å²) in [6, 6.07) is 7.41. The van der Waals surface area contributed by atoms with Gasteiger partial charge in [-0.05, 0) is 31.9 Å². The Balaban J connectivity index is 1.64. The number of para-hydroxylation sites is 1. The maximum Gasteiger partial charge on any atom is 0.258 e. The van der Waals surface area contributed by atoms with Crippen molar-refractivity contribution in [1.82, 2.24) is 24.7 Å². The van der Waals surface area contributed by atoms with E-state index in [9.17, 15) is 4.79 Å². The monoisotopic (exact) mass is 341 g/mol. The van der Waals surface area contributed by atoms with Crippen molar-refractivity contribution in [2.45, 2.75) is 49.6 Å². The first-order valence-corrected chi connectivity index (χ1v) is 9.18. The van der Waals surface area contributed by atoms with E-state index >= 15 is 0 Å². The minimum Gasteiger partial charge on any atom is -0.309 e. The summed E-state index contributed by atoms with van der Waals surface area (Å²) in [6.45, 7) is 3.01. The number of H-pyrrole nitrogens is 1. The average molecular weight is 341 g/mol. The first-order chi connectivity index (χ1) is 11.7. The minimum absolute atomic E-state index is 0.00106. The summed E-state index contributed by atoms with van der Waals surface area (Å²) in [4.78, 5) is 19.8. The van der Waals surface area contributed by atoms with Gasteiger partial charge < -0.3 is 9.55 Å². The third-order valence-corrected chi connectivity index (χ3v) is 5.46. The number of hydrogen-bond acceptors (Lipinski definition) is 5. The molecule has 1 atom stereocenters. The highest BCUT2D eigenvalue weighted by Crippen LogP contribution is 2.33. The smallest absolute Gasteiger partial charge is 0.258 e. The number of aromatic nitrogens is 5. The second-order valence-electron chi connectivity index (χ2n) is 6.09. The fraction of sp³-hybridized carbons (Fsp3) is 0.412. The van der Waals surface area contributed by atoms with Gasteiger partial charge in [-0.2, -0.15) is 0 Å². The molecule has 3 aromatic rings. The van der Waals surface area contributed by atoms with Crippen molar-refractivity contribution < 1.29 is 0 Å². The van der Waals surface area contributed by atoms with Crippen LogP contribution in [-0.4, -0.2) is 24.7 Å². The van der Waals surface area contributed by atoms with Crippen LogP contribution in [0.3, 0.4) is 0 Å². The zero-order chi connectivity index (χ0) is 16.5. The van der Waals surface area contributed by atoms with Crippen LogP contribution in [0.25, 0.3) is 10.9 Å². The number of aromatic amines is 1. The van der Waals surface area contributed by atoms with E-state index in [1.165, 1.54) is 12.8 Å². The van der Waals surface area contributed by atoms with E-state index in [0.717, 1.165) is 35.9 Å². The number of benzene rings is 1. The molecule has 7 heteroatoms. The van der Waals surface area contributed by atoms with Gasteiger partial charge in [0.05, 0.1) is 16.2 Å². The van der Waals surface area contributed by atoms with Crippen molar-refractivity contribution in [3.8, 4) is 0 Å². The molecule has 1 aromatic carbocycles. The fourth-order valence-corrected chi connectivity index (χ4v) is 4.01. The third-order valence-electron chi connectivity index (χ3n) is 4.37. The van der Waals surface area contributed by atoms with Crippen molar-refractivity contribution in [2.24, 2.45) is 0 Å². The van der Waals surface area contributed by atoms with Gasteiger partial charge in [0, 0.05) is 13.0 Å². The number of nitrogens with zero attached hydrogens (tertiary/aromatic N) is 4. The second-order valence-corrected chi connectivity index (χ2v) is 7.40. The van der Waals surface area contributed by atoms with Gasteiger partial charge in [0.15, 0.2) is 5.16 Å². The summed E-state index contributed by atoms with van der Waals surface area (Å²) in [6.07, 6.45) is 4.57. The highest BCUT2D eigenvalue weighted by molar-refractivity contribution is 7.99. The molecular formula is C17H19N5OS. The summed E-state index contributed by atoms with van der Waals surface area (Å²) in [5.41, 5.74) is 0.631. The number of thioether (sulfide) groups is 1. The average Bonchev–Trinajstić information content (AvgIpc) is 2.81. The van der Waals surface area contributed by atoms with E-state index in [0.29, 0.717) is 11.2 Å². The van der Waals surface area contributed by atoms with Crippen molar-refractivity contribution in [3.63, 3.8) is 0 Å². The lowest BCUT2D eigenvalue weighted by Crippen LogP contribution is -2.13. The number of rotatable bonds is 3. The molecule has 0 amide bonds. The van der Waals surface area contributed by atoms with Crippen molar-refractivity contribution in [1.29, 1.82) is 0 Å². The Morgan fingerprint density at radius 1 is 1.21 bits per heavy atom. The molecule has 0 spiro atoms. The normalized spacial score (nSPS) is 15.9. The first-order valence-electron chi connectivity index (χ1n) is 8.30. The van der Waals surface area contributed by atoms with E-state index < -0.39 is 0 Å². The van der Waals surface area contributed by atoms with Crippen LogP contribution in [0.1, 0.15) is 43.1 Å². The molecule has 1 aliphatic heterocycles. The van der Waals surface area contributed by atoms with Gasteiger partial charge in [0.1, 0.15) is 11.6 Å². The molecule has 1 aliphatic rings. The molecule has 2 aromatic heterocycles. The van der Waals surface area contributed by atoms with Gasteiger partial charge >= 0.3 is 0 Å². The molecule has 24 heavy (non-hydrogen) atoms. The maximum absolute atomic E-state index is 12.2. The van der Waals surface area contributed by atoms with Crippen LogP contribution in [-0.2, 0) is 13.0 Å². The topological polar surface area (TPSA) is 76.5 Å². The molecule has 0 saturated carbocycles. The van der Waals surface area contributed by atoms with E-state index in [-0.39, 0.29) is 10.8 Å². The molecule has 124 valence electrons. The van der Waals surface area contributed by atoms with Crippen LogP contribution in [0.4, 0.5) is 0 Å². The molecule has 0 radical (unpaired) electrons. The van der Waals surface area contributed by atoms with Crippen LogP contribution in [0, 0.1) is 0 Å². The first kappa shape index (κ1) is 15.4. The van der Waals surface area contributed by atoms with Gasteiger partial charge in [0.2, 0.25) is 0 Å². The zero-order valence-electron chi connectivity index (χ0n) is 13.5. The Hall–Kier alpha value is -2.15. The van der Waals surface area contributed by atoms with E-state index in [4.69, 9.17) is 0 Å². The van der Waals surface area contributed by atoms with Crippen LogP contribution in [0.15, 0.2) is 34.2 Å². The Kier molecular flexibility index (Phi) is 4.10. The zero-order valence-corrected chi connectivity index (χ0v) is 14.3. The van der Waals surface area contributed by atoms with Crippen molar-refractivity contribution in [2.75, 3.05) is 0 Å². The quantitative estimate of drug-likeness (QED) is 0.741. The van der Waals surface area contributed by atoms with Crippen LogP contribution < -0.4 is 5.56 Å². The van der Waals surface area contributed by atoms with Gasteiger partial charge in [-0.15, -0.1) is 10.2 Å². The lowest BCUT2D eigenvalue weighted by molar-refractivity contribution is 0.590. The largest absolute Gasteiger partial charge is 0.309 e. The molecule has 4 rings (SSSR count). The summed E-state index contributed by atoms with van der Waals surface area (Å²) in [7, 11) is 0. The van der Waals surface area contributed by atoms with Crippen LogP contribution in [0.2, 0.25) is 0 Å². The summed E-state index contributed by atoms with van der Waals surface area (Å²) < 4.78 is 2.22. The number of hydrogen-bond donors (Lipinski definition) is 1. The molecule has 0 aliphatic carbocycles. The van der Waals surface area contributed by atoms with Gasteiger partial charge in [0.25, 0.3) is 5.56 Å². The number of fused-ring (bicyclic) bond motifs is 2. The molecule has 0 unspecified atom stereocenters. The van der Waals surface area contributed by atoms with Crippen molar-refractivity contribution >= 4 is 22.7 Å². The van der Waals surface area contributed by atoms with Crippen molar-refractivity contribution in [3.05, 3.63) is 46.3 Å². The predicted molar refractivity (Wildman–Crippen MR) is 94.2 cm³/mol. The molecule has 0 saturated heterocycles. The molecule has 3 heterocycles. The molecule has 6 nitrogen and oxygen atoms in total. The summed E-state index contributed by atoms with van der Waals surface area (Å²) >= 11 is 1.60. The predicted octanol–water partition coefficient (Wildman–Crippen LogP) is 3.09. The fourth-order valence-electron chi connectivity index (χ4n) is 3.06. The van der Waals surface area contributed by atoms with Gasteiger partial charge in [-0.1, -0.05) is 30.3 Å². The Bertz CT molecular complexity index is 932. The Morgan fingerprint density at radius 2 is 2.08 bits per heavy atom. The summed E-state index contributed by atoms with van der Waals surface area (Å²) in [5, 5.41) is 10.2. The summed E-state index contributed by atoms with van der Waals surface area (Å²) in [5.74, 6) is 1.75. The van der Waals surface area contributed by atoms with Crippen LogP contribution >= 0.6 is 11.8 Å². The van der Waals surface area contributed by atoms with Gasteiger partial charge in [-0.25, -0.2) is 4.98 Å². The third kappa shape index (κ3) is 2.84. The van der Waals surface area contributed by atoms with E-state index in [1.807, 2.05) is 25.1 Å².